The van der Waals surface area contributed by atoms with Gasteiger partial charge in [-0.05, 0) is 26.0 Å². The van der Waals surface area contributed by atoms with Gasteiger partial charge in [0.15, 0.2) is 0 Å². The maximum atomic E-state index is 11.5. The Hall–Kier alpha value is -1.33. The Labute approximate surface area is 106 Å². The van der Waals surface area contributed by atoms with Crippen molar-refractivity contribution in [2.75, 3.05) is 26.8 Å². The van der Waals surface area contributed by atoms with E-state index < -0.39 is 11.4 Å². The Bertz CT molecular complexity index is 382. The average molecular weight is 253 g/mol. The smallest absolute Gasteiger partial charge is 0.311 e. The first-order valence-electron chi connectivity index (χ1n) is 6.13. The highest BCUT2D eigenvalue weighted by Gasteiger charge is 2.40. The maximum Gasteiger partial charge on any atom is 0.311 e. The zero-order valence-corrected chi connectivity index (χ0v) is 10.6. The number of hydrogen-bond acceptors (Lipinski definition) is 4. The quantitative estimate of drug-likeness (QED) is 0.863. The molecule has 1 aromatic rings. The summed E-state index contributed by atoms with van der Waals surface area (Å²) in [7, 11) is 1.94. The molecule has 1 N–H and O–H groups in total. The second kappa shape index (κ2) is 5.54. The van der Waals surface area contributed by atoms with Gasteiger partial charge in [-0.2, -0.15) is 0 Å². The molecule has 0 amide bonds. The van der Waals surface area contributed by atoms with Gasteiger partial charge in [0.2, 0.25) is 0 Å². The van der Waals surface area contributed by atoms with Gasteiger partial charge in [0, 0.05) is 31.9 Å². The summed E-state index contributed by atoms with van der Waals surface area (Å²) in [6.45, 7) is 2.31. The number of carboxylic acids is 1. The van der Waals surface area contributed by atoms with Crippen LogP contribution in [0.2, 0.25) is 0 Å². The van der Waals surface area contributed by atoms with Crippen molar-refractivity contribution in [1.82, 2.24) is 4.90 Å². The molecule has 1 fully saturated rings. The molecule has 1 saturated heterocycles. The highest BCUT2D eigenvalue weighted by molar-refractivity contribution is 5.75. The van der Waals surface area contributed by atoms with E-state index in [2.05, 4.69) is 0 Å². The number of hydrogen-bond donors (Lipinski definition) is 1. The fraction of sp³-hybridized carbons (Fsp3) is 0.615. The molecule has 5 nitrogen and oxygen atoms in total. The van der Waals surface area contributed by atoms with E-state index in [9.17, 15) is 9.90 Å². The van der Waals surface area contributed by atoms with Crippen molar-refractivity contribution in [3.05, 3.63) is 24.2 Å². The lowest BCUT2D eigenvalue weighted by Crippen LogP contribution is -2.45. The van der Waals surface area contributed by atoms with E-state index in [0.717, 1.165) is 5.56 Å². The van der Waals surface area contributed by atoms with E-state index in [1.807, 2.05) is 18.0 Å². The molecular weight excluding hydrogens is 234 g/mol. The lowest BCUT2D eigenvalue weighted by molar-refractivity contribution is -0.156. The second-order valence-corrected chi connectivity index (χ2v) is 5.00. The standard InChI is InChI=1S/C13H19NO4/c1-14(8-11-2-5-18-9-11)10-13(12(15)16)3-6-17-7-4-13/h2,5,9H,3-4,6-8,10H2,1H3,(H,15,16). The second-order valence-electron chi connectivity index (χ2n) is 5.00. The lowest BCUT2D eigenvalue weighted by atomic mass is 9.80. The minimum atomic E-state index is -0.718. The molecule has 100 valence electrons. The predicted octanol–water partition coefficient (Wildman–Crippen LogP) is 1.59. The molecule has 1 aliphatic rings. The van der Waals surface area contributed by atoms with Gasteiger partial charge in [0.25, 0.3) is 0 Å². The fourth-order valence-electron chi connectivity index (χ4n) is 2.47. The normalized spacial score (nSPS) is 19.0. The fourth-order valence-corrected chi connectivity index (χ4v) is 2.47. The van der Waals surface area contributed by atoms with Crippen molar-refractivity contribution < 1.29 is 19.1 Å². The molecule has 5 heteroatoms. The van der Waals surface area contributed by atoms with Crippen LogP contribution >= 0.6 is 0 Å². The summed E-state index contributed by atoms with van der Waals surface area (Å²) in [6.07, 6.45) is 4.48. The molecule has 0 bridgehead atoms. The molecular formula is C13H19NO4. The van der Waals surface area contributed by atoms with Crippen LogP contribution in [0.15, 0.2) is 23.0 Å². The van der Waals surface area contributed by atoms with E-state index in [1.54, 1.807) is 12.5 Å². The van der Waals surface area contributed by atoms with Crippen LogP contribution in [0.4, 0.5) is 0 Å². The summed E-state index contributed by atoms with van der Waals surface area (Å²) in [5, 5.41) is 9.46. The summed E-state index contributed by atoms with van der Waals surface area (Å²) < 4.78 is 10.3. The summed E-state index contributed by atoms with van der Waals surface area (Å²) in [5.41, 5.74) is 0.390. The third-order valence-electron chi connectivity index (χ3n) is 3.51. The monoisotopic (exact) mass is 253 g/mol. The van der Waals surface area contributed by atoms with E-state index in [-0.39, 0.29) is 0 Å². The molecule has 1 aliphatic heterocycles. The third-order valence-corrected chi connectivity index (χ3v) is 3.51. The highest BCUT2D eigenvalue weighted by atomic mass is 16.5. The van der Waals surface area contributed by atoms with Crippen LogP contribution in [0.1, 0.15) is 18.4 Å². The van der Waals surface area contributed by atoms with Gasteiger partial charge >= 0.3 is 5.97 Å². The Morgan fingerprint density at radius 3 is 2.78 bits per heavy atom. The number of furan rings is 1. The number of carbonyl (C=O) groups is 1. The summed E-state index contributed by atoms with van der Waals surface area (Å²) in [5.74, 6) is -0.718. The molecule has 0 aromatic carbocycles. The van der Waals surface area contributed by atoms with Gasteiger partial charge in [0.05, 0.1) is 17.9 Å². The third kappa shape index (κ3) is 2.91. The van der Waals surface area contributed by atoms with Crippen LogP contribution in [0, 0.1) is 5.41 Å². The van der Waals surface area contributed by atoms with Gasteiger partial charge in [-0.1, -0.05) is 0 Å². The van der Waals surface area contributed by atoms with E-state index in [0.29, 0.717) is 39.1 Å². The summed E-state index contributed by atoms with van der Waals surface area (Å²) >= 11 is 0. The molecule has 0 atom stereocenters. The van der Waals surface area contributed by atoms with Gasteiger partial charge in [0.1, 0.15) is 0 Å². The van der Waals surface area contributed by atoms with Crippen LogP contribution in [0.5, 0.6) is 0 Å². The van der Waals surface area contributed by atoms with Crippen molar-refractivity contribution in [2.45, 2.75) is 19.4 Å². The highest BCUT2D eigenvalue weighted by Crippen LogP contribution is 2.32. The van der Waals surface area contributed by atoms with Crippen LogP contribution in [-0.2, 0) is 16.1 Å². The molecule has 2 heterocycles. The average Bonchev–Trinajstić information content (AvgIpc) is 2.82. The van der Waals surface area contributed by atoms with E-state index in [1.165, 1.54) is 0 Å². The number of rotatable bonds is 5. The molecule has 0 saturated carbocycles. The predicted molar refractivity (Wildman–Crippen MR) is 65.2 cm³/mol. The Balaban J connectivity index is 1.98. The SMILES string of the molecule is CN(Cc1ccoc1)CC1(C(=O)O)CCOCC1. The molecule has 0 aliphatic carbocycles. The van der Waals surface area contributed by atoms with Gasteiger partial charge in [-0.25, -0.2) is 0 Å². The van der Waals surface area contributed by atoms with Crippen LogP contribution in [0.25, 0.3) is 0 Å². The molecule has 0 spiro atoms. The van der Waals surface area contributed by atoms with Crippen molar-refractivity contribution in [3.8, 4) is 0 Å². The van der Waals surface area contributed by atoms with Crippen molar-refractivity contribution >= 4 is 5.97 Å². The molecule has 1 aromatic heterocycles. The van der Waals surface area contributed by atoms with Crippen molar-refractivity contribution in [2.24, 2.45) is 5.41 Å². The van der Waals surface area contributed by atoms with Gasteiger partial charge < -0.3 is 19.2 Å². The first-order chi connectivity index (χ1) is 8.62. The minimum Gasteiger partial charge on any atom is -0.481 e. The maximum absolute atomic E-state index is 11.5. The first kappa shape index (κ1) is 13.1. The van der Waals surface area contributed by atoms with E-state index in [4.69, 9.17) is 9.15 Å². The Morgan fingerprint density at radius 2 is 2.22 bits per heavy atom. The zero-order chi connectivity index (χ0) is 13.0. The number of aliphatic carboxylic acids is 1. The topological polar surface area (TPSA) is 62.9 Å². The summed E-state index contributed by atoms with van der Waals surface area (Å²) in [6, 6.07) is 1.90. The molecule has 18 heavy (non-hydrogen) atoms. The lowest BCUT2D eigenvalue weighted by Gasteiger charge is -2.36. The number of carboxylic acid groups (broad SMARTS) is 1. The Kier molecular flexibility index (Phi) is 4.04. The number of ether oxygens (including phenoxy) is 1. The summed E-state index contributed by atoms with van der Waals surface area (Å²) in [4.78, 5) is 13.5. The van der Waals surface area contributed by atoms with Crippen molar-refractivity contribution in [3.63, 3.8) is 0 Å². The van der Waals surface area contributed by atoms with E-state index >= 15 is 0 Å². The van der Waals surface area contributed by atoms with Crippen LogP contribution in [-0.4, -0.2) is 42.8 Å². The molecule has 2 rings (SSSR count). The largest absolute Gasteiger partial charge is 0.481 e. The van der Waals surface area contributed by atoms with Crippen LogP contribution < -0.4 is 0 Å². The zero-order valence-electron chi connectivity index (χ0n) is 10.6. The van der Waals surface area contributed by atoms with Crippen molar-refractivity contribution in [1.29, 1.82) is 0 Å². The molecule has 0 unspecified atom stereocenters. The Morgan fingerprint density at radius 1 is 1.50 bits per heavy atom. The minimum absolute atomic E-state index is 0.534. The van der Waals surface area contributed by atoms with Gasteiger partial charge in [-0.15, -0.1) is 0 Å². The first-order valence-corrected chi connectivity index (χ1v) is 6.13. The number of nitrogens with zero attached hydrogens (tertiary/aromatic N) is 1. The molecule has 0 radical (unpaired) electrons. The van der Waals surface area contributed by atoms with Gasteiger partial charge in [-0.3, -0.25) is 4.79 Å². The van der Waals surface area contributed by atoms with Crippen LogP contribution in [0.3, 0.4) is 0 Å².